The lowest BCUT2D eigenvalue weighted by Crippen LogP contribution is -2.30. The molecule has 0 spiro atoms. The predicted molar refractivity (Wildman–Crippen MR) is 88.8 cm³/mol. The lowest BCUT2D eigenvalue weighted by atomic mass is 9.83. The van der Waals surface area contributed by atoms with E-state index in [2.05, 4.69) is 27.8 Å². The van der Waals surface area contributed by atoms with E-state index in [-0.39, 0.29) is 30.9 Å². The van der Waals surface area contributed by atoms with Crippen LogP contribution in [0.15, 0.2) is 0 Å². The van der Waals surface area contributed by atoms with Gasteiger partial charge in [-0.2, -0.15) is 0 Å². The molecule has 1 amide bonds. The van der Waals surface area contributed by atoms with Crippen LogP contribution in [0.4, 0.5) is 0 Å². The maximum Gasteiger partial charge on any atom is 0.451 e. The molecule has 0 saturated carbocycles. The first kappa shape index (κ1) is 21.8. The van der Waals surface area contributed by atoms with Crippen LogP contribution in [-0.4, -0.2) is 49.8 Å². The Labute approximate surface area is 142 Å². The largest absolute Gasteiger partial charge is 0.451 e. The summed E-state index contributed by atoms with van der Waals surface area (Å²) in [5.74, 6) is 0.327. The van der Waals surface area contributed by atoms with Crippen LogP contribution in [0.3, 0.4) is 0 Å². The standard InChI is InChI=1S/C12H25BN6O3.ClH/c1-2-3-8-15-11(20)9-19-12(16-17-18-19)10(14)6-4-5-7-13(21)22;/h10,21-22H,2-9,14H2,1H3,(H,15,20);1H. The van der Waals surface area contributed by atoms with Crippen LogP contribution in [-0.2, 0) is 11.3 Å². The Morgan fingerprint density at radius 2 is 2.13 bits per heavy atom. The number of carbonyl (C=O) groups is 1. The highest BCUT2D eigenvalue weighted by Gasteiger charge is 2.17. The summed E-state index contributed by atoms with van der Waals surface area (Å²) in [5.41, 5.74) is 6.03. The number of nitrogens with two attached hydrogens (primary N) is 1. The molecule has 5 N–H and O–H groups in total. The molecule has 0 radical (unpaired) electrons. The quantitative estimate of drug-likeness (QED) is 0.317. The van der Waals surface area contributed by atoms with Gasteiger partial charge in [-0.25, -0.2) is 4.68 Å². The van der Waals surface area contributed by atoms with Crippen LogP contribution in [0.1, 0.15) is 50.9 Å². The van der Waals surface area contributed by atoms with E-state index in [0.717, 1.165) is 19.3 Å². The second-order valence-electron chi connectivity index (χ2n) is 5.27. The zero-order valence-electron chi connectivity index (χ0n) is 13.4. The molecule has 0 bridgehead atoms. The first-order valence-electron chi connectivity index (χ1n) is 7.69. The lowest BCUT2D eigenvalue weighted by Gasteiger charge is -2.11. The number of nitrogens with zero attached hydrogens (tertiary/aromatic N) is 4. The van der Waals surface area contributed by atoms with Crippen LogP contribution >= 0.6 is 12.4 Å². The Bertz CT molecular complexity index is 448. The Morgan fingerprint density at radius 3 is 2.78 bits per heavy atom. The van der Waals surface area contributed by atoms with E-state index in [1.54, 1.807) is 0 Å². The molecule has 11 heteroatoms. The lowest BCUT2D eigenvalue weighted by molar-refractivity contribution is -0.121. The van der Waals surface area contributed by atoms with Crippen molar-refractivity contribution in [2.75, 3.05) is 6.54 Å². The first-order valence-corrected chi connectivity index (χ1v) is 7.69. The van der Waals surface area contributed by atoms with Gasteiger partial charge in [0.25, 0.3) is 0 Å². The van der Waals surface area contributed by atoms with E-state index in [0.29, 0.717) is 31.5 Å². The van der Waals surface area contributed by atoms with Crippen molar-refractivity contribution in [3.8, 4) is 0 Å². The van der Waals surface area contributed by atoms with Crippen molar-refractivity contribution < 1.29 is 14.8 Å². The summed E-state index contributed by atoms with van der Waals surface area (Å²) in [6, 6.07) is -0.380. The normalized spacial score (nSPS) is 11.7. The monoisotopic (exact) mass is 348 g/mol. The molecule has 0 aliphatic heterocycles. The summed E-state index contributed by atoms with van der Waals surface area (Å²) in [6.45, 7) is 2.75. The Hall–Kier alpha value is -1.23. The fraction of sp³-hybridized carbons (Fsp3) is 0.833. The van der Waals surface area contributed by atoms with Gasteiger partial charge in [0, 0.05) is 6.54 Å². The molecule has 0 aliphatic carbocycles. The molecule has 1 unspecified atom stereocenters. The fourth-order valence-corrected chi connectivity index (χ4v) is 2.01. The number of halogens is 1. The van der Waals surface area contributed by atoms with Gasteiger partial charge >= 0.3 is 7.12 Å². The summed E-state index contributed by atoms with van der Waals surface area (Å²) in [7, 11) is -1.28. The maximum absolute atomic E-state index is 11.8. The predicted octanol–water partition coefficient (Wildman–Crippen LogP) is -0.346. The second-order valence-corrected chi connectivity index (χ2v) is 5.27. The average Bonchev–Trinajstić information content (AvgIpc) is 2.91. The van der Waals surface area contributed by atoms with Crippen molar-refractivity contribution in [1.29, 1.82) is 0 Å². The third kappa shape index (κ3) is 8.84. The minimum absolute atomic E-state index is 0. The highest BCUT2D eigenvalue weighted by Crippen LogP contribution is 2.14. The summed E-state index contributed by atoms with van der Waals surface area (Å²) < 4.78 is 1.41. The van der Waals surface area contributed by atoms with Gasteiger partial charge in [-0.1, -0.05) is 26.2 Å². The SMILES string of the molecule is CCCCNC(=O)Cn1nnnc1C(N)CCCCB(O)O.Cl. The molecule has 132 valence electrons. The summed E-state index contributed by atoms with van der Waals surface area (Å²) >= 11 is 0. The molecule has 1 aromatic rings. The van der Waals surface area contributed by atoms with Gasteiger partial charge in [0.05, 0.1) is 6.04 Å². The van der Waals surface area contributed by atoms with E-state index < -0.39 is 7.12 Å². The molecule has 1 aromatic heterocycles. The van der Waals surface area contributed by atoms with Crippen LogP contribution in [0.2, 0.25) is 6.32 Å². The van der Waals surface area contributed by atoms with Gasteiger partial charge in [0.1, 0.15) is 6.54 Å². The number of tetrazole rings is 1. The Kier molecular flexibility index (Phi) is 11.6. The average molecular weight is 349 g/mol. The van der Waals surface area contributed by atoms with Gasteiger partial charge in [-0.05, 0) is 29.6 Å². The van der Waals surface area contributed by atoms with Crippen LogP contribution < -0.4 is 11.1 Å². The van der Waals surface area contributed by atoms with Gasteiger partial charge in [-0.3, -0.25) is 4.79 Å². The molecule has 23 heavy (non-hydrogen) atoms. The molecule has 1 atom stereocenters. The molecule has 0 aromatic carbocycles. The van der Waals surface area contributed by atoms with E-state index >= 15 is 0 Å². The Morgan fingerprint density at radius 1 is 1.39 bits per heavy atom. The summed E-state index contributed by atoms with van der Waals surface area (Å²) in [6.07, 6.45) is 4.27. The number of carbonyl (C=O) groups excluding carboxylic acids is 1. The molecule has 0 fully saturated rings. The molecule has 0 saturated heterocycles. The smallest absolute Gasteiger partial charge is 0.427 e. The minimum atomic E-state index is -1.28. The molecule has 0 aliphatic rings. The van der Waals surface area contributed by atoms with Gasteiger partial charge in [0.15, 0.2) is 5.82 Å². The van der Waals surface area contributed by atoms with E-state index in [1.165, 1.54) is 4.68 Å². The van der Waals surface area contributed by atoms with Crippen molar-refractivity contribution in [3.05, 3.63) is 5.82 Å². The highest BCUT2D eigenvalue weighted by molar-refractivity contribution is 6.40. The number of aromatic nitrogens is 4. The molecular weight excluding hydrogens is 322 g/mol. The third-order valence-corrected chi connectivity index (χ3v) is 3.26. The summed E-state index contributed by atoms with van der Waals surface area (Å²) in [5, 5.41) is 31.6. The zero-order valence-corrected chi connectivity index (χ0v) is 14.2. The van der Waals surface area contributed by atoms with Gasteiger partial charge in [0.2, 0.25) is 5.91 Å². The molecule has 1 rings (SSSR count). The molecular formula is C12H26BClN6O3. The number of unbranched alkanes of at least 4 members (excludes halogenated alkanes) is 2. The number of nitrogens with one attached hydrogen (secondary N) is 1. The topological polar surface area (TPSA) is 139 Å². The first-order chi connectivity index (χ1) is 10.5. The minimum Gasteiger partial charge on any atom is -0.427 e. The van der Waals surface area contributed by atoms with Crippen molar-refractivity contribution in [2.24, 2.45) is 5.73 Å². The second kappa shape index (κ2) is 12.2. The molecule has 9 nitrogen and oxygen atoms in total. The third-order valence-electron chi connectivity index (χ3n) is 3.26. The van der Waals surface area contributed by atoms with E-state index in [9.17, 15) is 4.79 Å². The number of amides is 1. The Balaban J connectivity index is 0.00000484. The number of hydrogen-bond acceptors (Lipinski definition) is 7. The number of hydrogen-bond donors (Lipinski definition) is 4. The molecule has 1 heterocycles. The zero-order chi connectivity index (χ0) is 16.4. The fourth-order valence-electron chi connectivity index (χ4n) is 2.01. The van der Waals surface area contributed by atoms with Gasteiger partial charge in [-0.15, -0.1) is 17.5 Å². The van der Waals surface area contributed by atoms with E-state index in [1.807, 2.05) is 0 Å². The van der Waals surface area contributed by atoms with Crippen molar-refractivity contribution >= 4 is 25.4 Å². The summed E-state index contributed by atoms with van der Waals surface area (Å²) in [4.78, 5) is 11.8. The highest BCUT2D eigenvalue weighted by atomic mass is 35.5. The van der Waals surface area contributed by atoms with Crippen molar-refractivity contribution in [2.45, 2.75) is 57.9 Å². The number of rotatable bonds is 11. The van der Waals surface area contributed by atoms with Gasteiger partial charge < -0.3 is 21.1 Å². The van der Waals surface area contributed by atoms with Crippen LogP contribution in [0.5, 0.6) is 0 Å². The van der Waals surface area contributed by atoms with Crippen molar-refractivity contribution in [1.82, 2.24) is 25.5 Å². The van der Waals surface area contributed by atoms with E-state index in [4.69, 9.17) is 15.8 Å². The van der Waals surface area contributed by atoms with Crippen LogP contribution in [0, 0.1) is 0 Å². The van der Waals surface area contributed by atoms with Crippen LogP contribution in [0.25, 0.3) is 0 Å². The van der Waals surface area contributed by atoms with Crippen molar-refractivity contribution in [3.63, 3.8) is 0 Å². The maximum atomic E-state index is 11.8.